The number of carbonyl (C=O) groups excluding carboxylic acids is 2. The Balaban J connectivity index is 0. The predicted octanol–water partition coefficient (Wildman–Crippen LogP) is -3.87. The number of carboxylic acids is 1. The van der Waals surface area contributed by atoms with Gasteiger partial charge in [0.15, 0.2) is 0 Å². The normalized spacial score (nSPS) is 8.81. The Kier molecular flexibility index (Phi) is 9.87. The van der Waals surface area contributed by atoms with Crippen molar-refractivity contribution in [2.45, 2.75) is 13.3 Å². The molecule has 0 aliphatic rings. The Morgan fingerprint density at radius 1 is 1.10 bits per heavy atom. The predicted molar refractivity (Wildman–Crippen MR) is 71.3 cm³/mol. The maximum atomic E-state index is 12.2. The first-order valence-electron chi connectivity index (χ1n) is 5.55. The van der Waals surface area contributed by atoms with E-state index in [1.54, 1.807) is 30.5 Å². The number of rotatable bonds is 3. The molecule has 0 radical (unpaired) electrons. The molecule has 0 aliphatic heterocycles. The molecule has 0 amide bonds. The van der Waals surface area contributed by atoms with Crippen LogP contribution in [-0.4, -0.2) is 27.4 Å². The van der Waals surface area contributed by atoms with Gasteiger partial charge in [-0.2, -0.15) is 0 Å². The Hall–Kier alpha value is -1.44. The maximum Gasteiger partial charge on any atom is 1.00 e. The monoisotopic (exact) mass is 301 g/mol. The summed E-state index contributed by atoms with van der Waals surface area (Å²) in [5.41, 5.74) is 2.01. The van der Waals surface area contributed by atoms with Crippen LogP contribution in [0.3, 0.4) is 0 Å². The minimum atomic E-state index is -1.20. The second-order valence-electron chi connectivity index (χ2n) is 4.09. The van der Waals surface area contributed by atoms with Crippen molar-refractivity contribution in [3.63, 3.8) is 0 Å². The minimum absolute atomic E-state index is 0. The molecule has 0 bridgehead atoms. The van der Waals surface area contributed by atoms with Crippen LogP contribution >= 0.6 is 0 Å². The topological polar surface area (TPSA) is 125 Å². The molecule has 6 nitrogen and oxygen atoms in total. The average molecular weight is 301 g/mol. The molecule has 1 heterocycles. The molecular formula is C14H16NNaO5. The summed E-state index contributed by atoms with van der Waals surface area (Å²) in [6.45, 7) is 1.94. The molecule has 2 rings (SSSR count). The number of benzene rings is 1. The van der Waals surface area contributed by atoms with Crippen LogP contribution in [0.2, 0.25) is 0 Å². The molecule has 0 saturated carbocycles. The Labute approximate surface area is 144 Å². The number of aliphatic carboxylic acids is 1. The van der Waals surface area contributed by atoms with Crippen LogP contribution in [0.25, 0.3) is 0 Å². The van der Waals surface area contributed by atoms with Crippen molar-refractivity contribution in [1.82, 2.24) is 4.57 Å². The standard InChI is InChI=1S/C14H13NO3.Na.2H2O/c1-10-4-6-11(7-5-10)14(18)15-8-2-3-12(15)9-13(16)17;;;/h2-8H,9H2,1H3,(H,16,17);;2*1H2/q;+1;;/p-1. The van der Waals surface area contributed by atoms with Crippen molar-refractivity contribution >= 4 is 11.9 Å². The Bertz CT molecular complexity index is 592. The first kappa shape index (κ1) is 21.9. The van der Waals surface area contributed by atoms with E-state index >= 15 is 0 Å². The average Bonchev–Trinajstić information content (AvgIpc) is 2.76. The molecule has 7 heteroatoms. The quantitative estimate of drug-likeness (QED) is 0.538. The number of carbonyl (C=O) groups is 2. The summed E-state index contributed by atoms with van der Waals surface area (Å²) in [5.74, 6) is -1.44. The van der Waals surface area contributed by atoms with Gasteiger partial charge in [-0.1, -0.05) is 17.7 Å². The summed E-state index contributed by atoms with van der Waals surface area (Å²) in [4.78, 5) is 22.8. The van der Waals surface area contributed by atoms with Gasteiger partial charge in [0.1, 0.15) is 0 Å². The number of carboxylic acid groups (broad SMARTS) is 1. The van der Waals surface area contributed by atoms with E-state index in [0.717, 1.165) is 5.56 Å². The van der Waals surface area contributed by atoms with E-state index in [0.29, 0.717) is 11.3 Å². The van der Waals surface area contributed by atoms with Crippen molar-refractivity contribution in [1.29, 1.82) is 0 Å². The van der Waals surface area contributed by atoms with Crippen LogP contribution in [0.1, 0.15) is 21.6 Å². The van der Waals surface area contributed by atoms with E-state index in [4.69, 9.17) is 0 Å². The van der Waals surface area contributed by atoms with E-state index in [1.165, 1.54) is 4.57 Å². The first-order chi connectivity index (χ1) is 8.58. The van der Waals surface area contributed by atoms with Crippen LogP contribution in [0.4, 0.5) is 0 Å². The third-order valence-corrected chi connectivity index (χ3v) is 2.68. The molecule has 4 N–H and O–H groups in total. The summed E-state index contributed by atoms with van der Waals surface area (Å²) in [7, 11) is 0. The fourth-order valence-electron chi connectivity index (χ4n) is 1.74. The molecule has 0 atom stereocenters. The zero-order valence-electron chi connectivity index (χ0n) is 11.9. The Morgan fingerprint density at radius 3 is 2.19 bits per heavy atom. The van der Waals surface area contributed by atoms with Crippen LogP contribution in [0, 0.1) is 6.92 Å². The molecular weight excluding hydrogens is 285 g/mol. The van der Waals surface area contributed by atoms with Crippen LogP contribution < -0.4 is 34.7 Å². The smallest absolute Gasteiger partial charge is 0.550 e. The minimum Gasteiger partial charge on any atom is -0.550 e. The third-order valence-electron chi connectivity index (χ3n) is 2.68. The molecule has 108 valence electrons. The second kappa shape index (κ2) is 9.49. The van der Waals surface area contributed by atoms with Gasteiger partial charge < -0.3 is 20.9 Å². The molecule has 2 aromatic rings. The SMILES string of the molecule is Cc1ccc(C(=O)n2cccc2CC(=O)[O-])cc1.O.O.[Na+]. The van der Waals surface area contributed by atoms with E-state index in [9.17, 15) is 14.7 Å². The van der Waals surface area contributed by atoms with Gasteiger partial charge in [0.25, 0.3) is 5.91 Å². The van der Waals surface area contributed by atoms with E-state index < -0.39 is 5.97 Å². The van der Waals surface area contributed by atoms with Crippen molar-refractivity contribution in [3.8, 4) is 0 Å². The molecule has 0 unspecified atom stereocenters. The van der Waals surface area contributed by atoms with Gasteiger partial charge in [-0.15, -0.1) is 0 Å². The number of hydrogen-bond acceptors (Lipinski definition) is 3. The zero-order chi connectivity index (χ0) is 13.1. The number of hydrogen-bond donors (Lipinski definition) is 0. The molecule has 0 saturated heterocycles. The van der Waals surface area contributed by atoms with Crippen molar-refractivity contribution in [3.05, 3.63) is 59.4 Å². The maximum absolute atomic E-state index is 12.2. The summed E-state index contributed by atoms with van der Waals surface area (Å²) in [6.07, 6.45) is 1.28. The number of aromatic nitrogens is 1. The van der Waals surface area contributed by atoms with Crippen molar-refractivity contribution < 1.29 is 55.2 Å². The number of nitrogens with zero attached hydrogens (tertiary/aromatic N) is 1. The van der Waals surface area contributed by atoms with Crippen molar-refractivity contribution in [2.24, 2.45) is 0 Å². The van der Waals surface area contributed by atoms with Gasteiger partial charge >= 0.3 is 29.6 Å². The van der Waals surface area contributed by atoms with E-state index in [1.807, 2.05) is 19.1 Å². The fraction of sp³-hybridized carbons (Fsp3) is 0.143. The van der Waals surface area contributed by atoms with E-state index in [-0.39, 0.29) is 52.8 Å². The number of aryl methyl sites for hydroxylation is 1. The van der Waals surface area contributed by atoms with Gasteiger partial charge in [0.2, 0.25) is 0 Å². The second-order valence-corrected chi connectivity index (χ2v) is 4.09. The molecule has 0 fully saturated rings. The van der Waals surface area contributed by atoms with Crippen LogP contribution in [0.15, 0.2) is 42.6 Å². The van der Waals surface area contributed by atoms with Crippen LogP contribution in [0.5, 0.6) is 0 Å². The van der Waals surface area contributed by atoms with E-state index in [2.05, 4.69) is 0 Å². The molecule has 0 aliphatic carbocycles. The molecule has 1 aromatic heterocycles. The summed E-state index contributed by atoms with van der Waals surface area (Å²) < 4.78 is 1.33. The van der Waals surface area contributed by atoms with Gasteiger partial charge in [0.05, 0.1) is 0 Å². The zero-order valence-corrected chi connectivity index (χ0v) is 13.9. The fourth-order valence-corrected chi connectivity index (χ4v) is 1.74. The van der Waals surface area contributed by atoms with Crippen molar-refractivity contribution in [2.75, 3.05) is 0 Å². The molecule has 1 aromatic carbocycles. The summed E-state index contributed by atoms with van der Waals surface area (Å²) in [6, 6.07) is 10.4. The molecule has 0 spiro atoms. The van der Waals surface area contributed by atoms with Gasteiger partial charge in [-0.05, 0) is 31.2 Å². The Morgan fingerprint density at radius 2 is 1.67 bits per heavy atom. The first-order valence-corrected chi connectivity index (χ1v) is 5.55. The summed E-state index contributed by atoms with van der Waals surface area (Å²) >= 11 is 0. The van der Waals surface area contributed by atoms with Gasteiger partial charge in [0, 0.05) is 29.8 Å². The largest absolute Gasteiger partial charge is 1.00 e. The third kappa shape index (κ3) is 5.45. The summed E-state index contributed by atoms with van der Waals surface area (Å²) in [5, 5.41) is 10.6. The van der Waals surface area contributed by atoms with Gasteiger partial charge in [-0.3, -0.25) is 9.36 Å². The van der Waals surface area contributed by atoms with Gasteiger partial charge in [-0.25, -0.2) is 0 Å². The molecule has 21 heavy (non-hydrogen) atoms. The van der Waals surface area contributed by atoms with Crippen LogP contribution in [-0.2, 0) is 11.2 Å².